The first kappa shape index (κ1) is 28.4. The van der Waals surface area contributed by atoms with Crippen LogP contribution < -0.4 is 5.32 Å². The summed E-state index contributed by atoms with van der Waals surface area (Å²) in [5.74, 6) is -3.34. The summed E-state index contributed by atoms with van der Waals surface area (Å²) in [6.07, 6.45) is 3.44. The Balaban J connectivity index is 1.72. The van der Waals surface area contributed by atoms with Gasteiger partial charge in [0.1, 0.15) is 11.4 Å². The number of rotatable bonds is 9. The van der Waals surface area contributed by atoms with Gasteiger partial charge in [-0.25, -0.2) is 8.78 Å². The molecule has 1 saturated carbocycles. The van der Waals surface area contributed by atoms with Gasteiger partial charge >= 0.3 is 5.97 Å². The molecule has 0 aromatic heterocycles. The molecule has 0 saturated heterocycles. The van der Waals surface area contributed by atoms with Gasteiger partial charge in [-0.15, -0.1) is 0 Å². The predicted molar refractivity (Wildman–Crippen MR) is 143 cm³/mol. The normalized spacial score (nSPS) is 23.6. The van der Waals surface area contributed by atoms with Gasteiger partial charge in [-0.3, -0.25) is 19.4 Å². The largest absolute Gasteiger partial charge is 0.481 e. The molecule has 3 atom stereocenters. The highest BCUT2D eigenvalue weighted by Crippen LogP contribution is 2.48. The van der Waals surface area contributed by atoms with Crippen LogP contribution in [-0.2, 0) is 9.59 Å². The van der Waals surface area contributed by atoms with Crippen molar-refractivity contribution in [3.05, 3.63) is 70.8 Å². The minimum absolute atomic E-state index is 0.0201. The van der Waals surface area contributed by atoms with Crippen molar-refractivity contribution >= 4 is 23.5 Å². The molecule has 2 amide bonds. The van der Waals surface area contributed by atoms with Crippen molar-refractivity contribution in [2.45, 2.75) is 71.0 Å². The van der Waals surface area contributed by atoms with E-state index >= 15 is 0 Å². The summed E-state index contributed by atoms with van der Waals surface area (Å²) in [4.78, 5) is 44.0. The van der Waals surface area contributed by atoms with Gasteiger partial charge in [-0.2, -0.15) is 0 Å². The van der Waals surface area contributed by atoms with E-state index in [0.717, 1.165) is 24.5 Å². The fourth-order valence-corrected chi connectivity index (χ4v) is 6.21. The Morgan fingerprint density at radius 3 is 2.41 bits per heavy atom. The van der Waals surface area contributed by atoms with Crippen LogP contribution in [0.4, 0.5) is 8.78 Å². The maximum absolute atomic E-state index is 14.9. The summed E-state index contributed by atoms with van der Waals surface area (Å²) >= 11 is 0. The van der Waals surface area contributed by atoms with Gasteiger partial charge in [-0.1, -0.05) is 45.4 Å². The van der Waals surface area contributed by atoms with Crippen molar-refractivity contribution in [3.8, 4) is 0 Å². The van der Waals surface area contributed by atoms with E-state index < -0.39 is 29.2 Å². The standard InChI is InChI=1S/C30H35F2N3O4/c1-4-6-24(20-9-11-21(12-10-20)28(38)33-14-13-25(36)37)35-29(39)27(22-7-5-8-23(31)26(22)32)34-30(35)16-18(2)15-19(3)17-30/h5,7-12,18-19,24H,4,6,13-17H2,1-3H3,(H,33,38)(H,36,37)/t18?,19?,24-,30?/m1/s1. The molecule has 4 rings (SSSR count). The Labute approximate surface area is 227 Å². The number of benzene rings is 2. The van der Waals surface area contributed by atoms with E-state index in [4.69, 9.17) is 10.1 Å². The lowest BCUT2D eigenvalue weighted by atomic mass is 9.75. The second-order valence-corrected chi connectivity index (χ2v) is 10.9. The first-order valence-corrected chi connectivity index (χ1v) is 13.5. The van der Waals surface area contributed by atoms with E-state index in [1.165, 1.54) is 12.1 Å². The summed E-state index contributed by atoms with van der Waals surface area (Å²) in [5.41, 5.74) is 0.129. The van der Waals surface area contributed by atoms with E-state index in [1.807, 2.05) is 6.92 Å². The highest BCUT2D eigenvalue weighted by Gasteiger charge is 2.53. The van der Waals surface area contributed by atoms with Crippen molar-refractivity contribution < 1.29 is 28.3 Å². The van der Waals surface area contributed by atoms with Crippen LogP contribution in [0.25, 0.3) is 0 Å². The molecule has 1 fully saturated rings. The molecule has 1 aliphatic carbocycles. The van der Waals surface area contributed by atoms with Gasteiger partial charge in [0.15, 0.2) is 11.6 Å². The van der Waals surface area contributed by atoms with Crippen LogP contribution in [0, 0.1) is 23.5 Å². The van der Waals surface area contributed by atoms with Crippen LogP contribution in [0.15, 0.2) is 47.5 Å². The number of hydrogen-bond acceptors (Lipinski definition) is 4. The van der Waals surface area contributed by atoms with Gasteiger partial charge < -0.3 is 15.3 Å². The zero-order valence-electron chi connectivity index (χ0n) is 22.5. The third-order valence-electron chi connectivity index (χ3n) is 7.61. The van der Waals surface area contributed by atoms with Crippen LogP contribution in [0.2, 0.25) is 0 Å². The minimum atomic E-state index is -1.08. The number of aliphatic carboxylic acids is 1. The highest BCUT2D eigenvalue weighted by atomic mass is 19.2. The van der Waals surface area contributed by atoms with Crippen LogP contribution in [0.3, 0.4) is 0 Å². The number of amides is 2. The molecule has 39 heavy (non-hydrogen) atoms. The summed E-state index contributed by atoms with van der Waals surface area (Å²) in [6, 6.07) is 10.3. The summed E-state index contributed by atoms with van der Waals surface area (Å²) in [7, 11) is 0. The Bertz CT molecular complexity index is 1270. The average Bonchev–Trinajstić information content (AvgIpc) is 3.13. The molecule has 2 unspecified atom stereocenters. The van der Waals surface area contributed by atoms with E-state index in [2.05, 4.69) is 19.2 Å². The minimum Gasteiger partial charge on any atom is -0.481 e. The third kappa shape index (κ3) is 5.87. The molecule has 0 bridgehead atoms. The zero-order valence-corrected chi connectivity index (χ0v) is 22.5. The van der Waals surface area contributed by atoms with Gasteiger partial charge in [0.25, 0.3) is 11.8 Å². The van der Waals surface area contributed by atoms with E-state index in [1.54, 1.807) is 29.2 Å². The second kappa shape index (κ2) is 11.6. The Kier molecular flexibility index (Phi) is 8.47. The molecular formula is C30H35F2N3O4. The van der Waals surface area contributed by atoms with E-state index in [9.17, 15) is 23.2 Å². The summed E-state index contributed by atoms with van der Waals surface area (Å²) in [5, 5.41) is 11.4. The number of carbonyl (C=O) groups excluding carboxylic acids is 2. The van der Waals surface area contributed by atoms with Crippen molar-refractivity contribution in [3.63, 3.8) is 0 Å². The SMILES string of the molecule is CCC[C@H](c1ccc(C(=O)NCCC(=O)O)cc1)N1C(=O)C(c2cccc(F)c2F)=NC12CC(C)CC(C)C2. The van der Waals surface area contributed by atoms with Crippen LogP contribution in [-0.4, -0.2) is 45.7 Å². The predicted octanol–water partition coefficient (Wildman–Crippen LogP) is 5.49. The first-order valence-electron chi connectivity index (χ1n) is 13.5. The number of halogens is 2. The lowest BCUT2D eigenvalue weighted by Crippen LogP contribution is -2.52. The monoisotopic (exact) mass is 539 g/mol. The fourth-order valence-electron chi connectivity index (χ4n) is 6.21. The molecule has 1 spiro atoms. The number of nitrogens with zero attached hydrogens (tertiary/aromatic N) is 2. The highest BCUT2D eigenvalue weighted by molar-refractivity contribution is 6.46. The number of hydrogen-bond donors (Lipinski definition) is 2. The van der Waals surface area contributed by atoms with Crippen LogP contribution in [0.1, 0.15) is 86.8 Å². The van der Waals surface area contributed by atoms with Crippen LogP contribution in [0.5, 0.6) is 0 Å². The maximum Gasteiger partial charge on any atom is 0.305 e. The third-order valence-corrected chi connectivity index (χ3v) is 7.61. The average molecular weight is 540 g/mol. The number of carboxylic acid groups (broad SMARTS) is 1. The number of carbonyl (C=O) groups is 3. The molecule has 2 aromatic carbocycles. The van der Waals surface area contributed by atoms with Gasteiger partial charge in [-0.05, 0) is 67.3 Å². The first-order chi connectivity index (χ1) is 18.6. The molecule has 0 radical (unpaired) electrons. The molecular weight excluding hydrogens is 504 g/mol. The number of aliphatic imine (C=N–C) groups is 1. The molecule has 1 heterocycles. The Morgan fingerprint density at radius 1 is 1.13 bits per heavy atom. The molecule has 2 aromatic rings. The number of carboxylic acids is 1. The molecule has 7 nitrogen and oxygen atoms in total. The van der Waals surface area contributed by atoms with Crippen molar-refractivity contribution in [1.29, 1.82) is 0 Å². The Morgan fingerprint density at radius 2 is 1.79 bits per heavy atom. The van der Waals surface area contributed by atoms with Crippen molar-refractivity contribution in [1.82, 2.24) is 10.2 Å². The number of nitrogens with one attached hydrogen (secondary N) is 1. The quantitative estimate of drug-likeness (QED) is 0.440. The summed E-state index contributed by atoms with van der Waals surface area (Å²) < 4.78 is 29.1. The molecule has 208 valence electrons. The summed E-state index contributed by atoms with van der Waals surface area (Å²) in [6.45, 7) is 6.29. The Hall–Kier alpha value is -3.62. The van der Waals surface area contributed by atoms with Crippen molar-refractivity contribution in [2.75, 3.05) is 6.54 Å². The lowest BCUT2D eigenvalue weighted by molar-refractivity contribution is -0.137. The molecule has 9 heteroatoms. The van der Waals surface area contributed by atoms with E-state index in [-0.39, 0.29) is 48.0 Å². The lowest BCUT2D eigenvalue weighted by Gasteiger charge is -2.47. The maximum atomic E-state index is 14.9. The van der Waals surface area contributed by atoms with Gasteiger partial charge in [0, 0.05) is 17.7 Å². The smallest absolute Gasteiger partial charge is 0.305 e. The van der Waals surface area contributed by atoms with Gasteiger partial charge in [0.2, 0.25) is 0 Å². The zero-order chi connectivity index (χ0) is 28.3. The molecule has 2 N–H and O–H groups in total. The second-order valence-electron chi connectivity index (χ2n) is 10.9. The topological polar surface area (TPSA) is 99.1 Å². The van der Waals surface area contributed by atoms with Gasteiger partial charge in [0.05, 0.1) is 12.5 Å². The molecule has 2 aliphatic rings. The van der Waals surface area contributed by atoms with Crippen molar-refractivity contribution in [2.24, 2.45) is 16.8 Å². The van der Waals surface area contributed by atoms with E-state index in [0.29, 0.717) is 24.8 Å². The fraction of sp³-hybridized carbons (Fsp3) is 0.467. The van der Waals surface area contributed by atoms with Crippen LogP contribution >= 0.6 is 0 Å². The molecule has 1 aliphatic heterocycles.